The molecule has 0 atom stereocenters. The molecule has 0 saturated heterocycles. The molecule has 0 spiro atoms. The molecule has 1 heterocycles. The molecule has 2 N–H and O–H groups in total. The Labute approximate surface area is 150 Å². The molecular formula is C22H17NO3. The largest absolute Gasteiger partial charge is 0.508 e. The van der Waals surface area contributed by atoms with E-state index in [-0.39, 0.29) is 11.3 Å². The maximum absolute atomic E-state index is 11.3. The summed E-state index contributed by atoms with van der Waals surface area (Å²) in [5.41, 5.74) is 4.26. The van der Waals surface area contributed by atoms with E-state index < -0.39 is 5.97 Å². The number of phenols is 1. The Morgan fingerprint density at radius 1 is 0.885 bits per heavy atom. The number of carboxylic acids is 1. The van der Waals surface area contributed by atoms with Crippen LogP contribution in [0.3, 0.4) is 0 Å². The summed E-state index contributed by atoms with van der Waals surface area (Å²) in [5, 5.41) is 20.0. The van der Waals surface area contributed by atoms with Crippen LogP contribution < -0.4 is 0 Å². The van der Waals surface area contributed by atoms with E-state index >= 15 is 0 Å². The van der Waals surface area contributed by atoms with Gasteiger partial charge in [0.1, 0.15) is 5.75 Å². The van der Waals surface area contributed by atoms with E-state index in [0.717, 1.165) is 27.7 Å². The quantitative estimate of drug-likeness (QED) is 0.561. The molecule has 3 aromatic carbocycles. The second-order valence-electron chi connectivity index (χ2n) is 6.23. The number of carbonyl (C=O) groups is 1. The maximum Gasteiger partial charge on any atom is 0.335 e. The molecular weight excluding hydrogens is 326 g/mol. The van der Waals surface area contributed by atoms with Crippen LogP contribution in [0.2, 0.25) is 0 Å². The van der Waals surface area contributed by atoms with Gasteiger partial charge in [0.15, 0.2) is 0 Å². The molecule has 0 saturated carbocycles. The molecule has 0 aliphatic rings. The number of aromatic carboxylic acids is 1. The summed E-state index contributed by atoms with van der Waals surface area (Å²) in [6.45, 7) is 0.541. The van der Waals surface area contributed by atoms with Gasteiger partial charge < -0.3 is 14.8 Å². The van der Waals surface area contributed by atoms with Crippen molar-refractivity contribution in [1.29, 1.82) is 0 Å². The van der Waals surface area contributed by atoms with E-state index in [4.69, 9.17) is 0 Å². The monoisotopic (exact) mass is 343 g/mol. The van der Waals surface area contributed by atoms with Gasteiger partial charge in [-0.15, -0.1) is 0 Å². The minimum atomic E-state index is -0.933. The van der Waals surface area contributed by atoms with Crippen LogP contribution in [0.15, 0.2) is 78.9 Å². The molecule has 26 heavy (non-hydrogen) atoms. The Balaban J connectivity index is 1.87. The van der Waals surface area contributed by atoms with Gasteiger partial charge >= 0.3 is 5.97 Å². The van der Waals surface area contributed by atoms with Gasteiger partial charge in [-0.25, -0.2) is 4.79 Å². The maximum atomic E-state index is 11.3. The van der Waals surface area contributed by atoms with Crippen LogP contribution in [-0.2, 0) is 6.54 Å². The summed E-state index contributed by atoms with van der Waals surface area (Å²) in [7, 11) is 0. The number of nitrogens with zero attached hydrogens (tertiary/aromatic N) is 1. The number of hydrogen-bond acceptors (Lipinski definition) is 2. The molecule has 0 unspecified atom stereocenters. The van der Waals surface area contributed by atoms with Crippen LogP contribution in [-0.4, -0.2) is 20.7 Å². The first-order valence-electron chi connectivity index (χ1n) is 8.32. The molecule has 0 amide bonds. The van der Waals surface area contributed by atoms with Crippen molar-refractivity contribution in [3.05, 3.63) is 90.0 Å². The molecule has 4 heteroatoms. The molecule has 128 valence electrons. The fraction of sp³-hybridized carbons (Fsp3) is 0.0455. The zero-order valence-electron chi connectivity index (χ0n) is 14.0. The molecule has 0 aliphatic heterocycles. The summed E-state index contributed by atoms with van der Waals surface area (Å²) in [6.07, 6.45) is 0. The van der Waals surface area contributed by atoms with Gasteiger partial charge in [-0.3, -0.25) is 0 Å². The fourth-order valence-electron chi connectivity index (χ4n) is 3.26. The number of rotatable bonds is 4. The van der Waals surface area contributed by atoms with E-state index in [1.165, 1.54) is 0 Å². The number of aromatic hydroxyl groups is 1. The lowest BCUT2D eigenvalue weighted by molar-refractivity contribution is 0.0696. The minimum Gasteiger partial charge on any atom is -0.508 e. The summed E-state index contributed by atoms with van der Waals surface area (Å²) in [4.78, 5) is 11.3. The molecule has 4 rings (SSSR count). The van der Waals surface area contributed by atoms with E-state index in [9.17, 15) is 15.0 Å². The third-order valence-electron chi connectivity index (χ3n) is 4.47. The normalized spacial score (nSPS) is 10.9. The topological polar surface area (TPSA) is 62.5 Å². The van der Waals surface area contributed by atoms with E-state index in [1.807, 2.05) is 48.5 Å². The molecule has 0 fully saturated rings. The molecule has 0 radical (unpaired) electrons. The molecule has 0 bridgehead atoms. The second kappa shape index (κ2) is 6.41. The number of carboxylic acid groups (broad SMARTS) is 1. The van der Waals surface area contributed by atoms with E-state index in [2.05, 4.69) is 4.57 Å². The highest BCUT2D eigenvalue weighted by Crippen LogP contribution is 2.31. The minimum absolute atomic E-state index is 0.224. The average molecular weight is 343 g/mol. The van der Waals surface area contributed by atoms with Crippen molar-refractivity contribution < 1.29 is 15.0 Å². The zero-order valence-corrected chi connectivity index (χ0v) is 14.0. The van der Waals surface area contributed by atoms with Crippen molar-refractivity contribution in [2.45, 2.75) is 6.54 Å². The predicted molar refractivity (Wildman–Crippen MR) is 102 cm³/mol. The first-order valence-corrected chi connectivity index (χ1v) is 8.32. The van der Waals surface area contributed by atoms with Crippen molar-refractivity contribution in [2.24, 2.45) is 0 Å². The van der Waals surface area contributed by atoms with Crippen molar-refractivity contribution in [2.75, 3.05) is 0 Å². The smallest absolute Gasteiger partial charge is 0.335 e. The Morgan fingerprint density at radius 2 is 1.69 bits per heavy atom. The highest BCUT2D eigenvalue weighted by Gasteiger charge is 2.12. The standard InChI is InChI=1S/C22H17NO3/c24-19-9-10-20-18(12-19)13-21(16-6-2-1-3-7-16)23(20)14-15-5-4-8-17(11-15)22(25)26/h1-13,24H,14H2,(H,25,26). The molecule has 1 aromatic heterocycles. The van der Waals surface area contributed by atoms with Crippen LogP contribution in [0, 0.1) is 0 Å². The summed E-state index contributed by atoms with van der Waals surface area (Å²) < 4.78 is 2.14. The second-order valence-corrected chi connectivity index (χ2v) is 6.23. The number of hydrogen-bond donors (Lipinski definition) is 2. The molecule has 0 aliphatic carbocycles. The number of aromatic nitrogens is 1. The summed E-state index contributed by atoms with van der Waals surface area (Å²) >= 11 is 0. The van der Waals surface area contributed by atoms with Gasteiger partial charge in [-0.1, -0.05) is 42.5 Å². The van der Waals surface area contributed by atoms with Crippen LogP contribution in [0.25, 0.3) is 22.2 Å². The van der Waals surface area contributed by atoms with Gasteiger partial charge in [0.25, 0.3) is 0 Å². The predicted octanol–water partition coefficient (Wildman–Crippen LogP) is 4.76. The first kappa shape index (κ1) is 16.0. The number of fused-ring (bicyclic) bond motifs is 1. The lowest BCUT2D eigenvalue weighted by Crippen LogP contribution is -2.03. The van der Waals surface area contributed by atoms with Crippen molar-refractivity contribution in [3.8, 4) is 17.0 Å². The highest BCUT2D eigenvalue weighted by atomic mass is 16.4. The summed E-state index contributed by atoms with van der Waals surface area (Å²) in [6, 6.07) is 24.3. The summed E-state index contributed by atoms with van der Waals surface area (Å²) in [5.74, 6) is -0.709. The molecule has 4 nitrogen and oxygen atoms in total. The van der Waals surface area contributed by atoms with Gasteiger partial charge in [-0.05, 0) is 47.5 Å². The van der Waals surface area contributed by atoms with Crippen molar-refractivity contribution >= 4 is 16.9 Å². The number of phenolic OH excluding ortho intramolecular Hbond substituents is 1. The van der Waals surface area contributed by atoms with E-state index in [0.29, 0.717) is 6.54 Å². The van der Waals surface area contributed by atoms with Crippen molar-refractivity contribution in [1.82, 2.24) is 4.57 Å². The number of benzene rings is 3. The lowest BCUT2D eigenvalue weighted by atomic mass is 10.1. The van der Waals surface area contributed by atoms with Gasteiger partial charge in [-0.2, -0.15) is 0 Å². The fourth-order valence-corrected chi connectivity index (χ4v) is 3.26. The highest BCUT2D eigenvalue weighted by molar-refractivity contribution is 5.89. The van der Waals surface area contributed by atoms with Gasteiger partial charge in [0.2, 0.25) is 0 Å². The van der Waals surface area contributed by atoms with Gasteiger partial charge in [0.05, 0.1) is 5.56 Å². The third-order valence-corrected chi connectivity index (χ3v) is 4.47. The molecule has 4 aromatic rings. The average Bonchev–Trinajstić information content (AvgIpc) is 3.00. The van der Waals surface area contributed by atoms with E-state index in [1.54, 1.807) is 30.3 Å². The van der Waals surface area contributed by atoms with Crippen LogP contribution in [0.4, 0.5) is 0 Å². The Kier molecular flexibility index (Phi) is 3.93. The first-order chi connectivity index (χ1) is 12.6. The SMILES string of the molecule is O=C(O)c1cccc(Cn2c(-c3ccccc3)cc3cc(O)ccc32)c1. The van der Waals surface area contributed by atoms with Crippen LogP contribution in [0.1, 0.15) is 15.9 Å². The van der Waals surface area contributed by atoms with Gasteiger partial charge in [0, 0.05) is 23.1 Å². The van der Waals surface area contributed by atoms with Crippen molar-refractivity contribution in [3.63, 3.8) is 0 Å². The Morgan fingerprint density at radius 3 is 2.46 bits per heavy atom. The third kappa shape index (κ3) is 2.93. The lowest BCUT2D eigenvalue weighted by Gasteiger charge is -2.12. The van der Waals surface area contributed by atoms with Crippen LogP contribution in [0.5, 0.6) is 5.75 Å². The Hall–Kier alpha value is -3.53. The van der Waals surface area contributed by atoms with Crippen LogP contribution >= 0.6 is 0 Å². The Bertz CT molecular complexity index is 1100. The zero-order chi connectivity index (χ0) is 18.1.